The molecular formula is C22H23ClN2O9. The number of aliphatic hydroxyl groups is 4. The third-order valence-electron chi connectivity index (χ3n) is 7.97. The second-order valence-electron chi connectivity index (χ2n) is 9.71. The number of carbonyl (C=O) groups excluding carboxylic acids is 3. The van der Waals surface area contributed by atoms with Crippen LogP contribution in [0.1, 0.15) is 22.8 Å². The lowest BCUT2D eigenvalue weighted by molar-refractivity contribution is -0.328. The molecule has 0 radical (unpaired) electrons. The number of fused-ring (bicyclic) bond motifs is 4. The highest BCUT2D eigenvalue weighted by Gasteiger charge is 2.90. The number of rotatable bonds is 2. The van der Waals surface area contributed by atoms with Crippen LogP contribution < -0.4 is 5.73 Å². The number of likely N-dealkylation sites (N-methyl/N-ethyl adjacent to an activating group) is 1. The smallest absolute Gasteiger partial charge is 0.255 e. The van der Waals surface area contributed by atoms with Gasteiger partial charge in [-0.15, -0.1) is 11.6 Å². The van der Waals surface area contributed by atoms with E-state index in [1.807, 2.05) is 0 Å². The van der Waals surface area contributed by atoms with E-state index in [9.17, 15) is 39.9 Å². The van der Waals surface area contributed by atoms with Crippen LogP contribution in [0.15, 0.2) is 29.5 Å². The van der Waals surface area contributed by atoms with Crippen LogP contribution in [0.2, 0.25) is 0 Å². The van der Waals surface area contributed by atoms with E-state index in [2.05, 4.69) is 0 Å². The Bertz CT molecular complexity index is 1230. The molecule has 1 saturated carbocycles. The first-order chi connectivity index (χ1) is 15.6. The Hall–Kier alpha value is -2.54. The Morgan fingerprint density at radius 1 is 1.21 bits per heavy atom. The normalized spacial score (nSPS) is 44.8. The van der Waals surface area contributed by atoms with E-state index in [1.165, 1.54) is 44.1 Å². The molecule has 2 fully saturated rings. The number of carbonyl (C=O) groups is 3. The van der Waals surface area contributed by atoms with Crippen molar-refractivity contribution in [2.75, 3.05) is 14.1 Å². The van der Waals surface area contributed by atoms with Crippen molar-refractivity contribution in [2.45, 2.75) is 40.9 Å². The minimum absolute atomic E-state index is 0.0855. The van der Waals surface area contributed by atoms with Gasteiger partial charge in [-0.05, 0) is 32.6 Å². The van der Waals surface area contributed by atoms with Crippen LogP contribution in [0.4, 0.5) is 0 Å². The van der Waals surface area contributed by atoms with E-state index in [0.717, 1.165) is 0 Å². The summed E-state index contributed by atoms with van der Waals surface area (Å²) < 4.78 is 5.95. The van der Waals surface area contributed by atoms with Crippen molar-refractivity contribution >= 4 is 29.1 Å². The van der Waals surface area contributed by atoms with Crippen molar-refractivity contribution in [1.29, 1.82) is 0 Å². The summed E-state index contributed by atoms with van der Waals surface area (Å²) in [4.78, 5) is 37.7. The molecular weight excluding hydrogens is 472 g/mol. The second-order valence-corrected chi connectivity index (χ2v) is 10.3. The van der Waals surface area contributed by atoms with Crippen LogP contribution in [0.25, 0.3) is 0 Å². The number of aromatic hydroxyl groups is 1. The number of benzene rings is 1. The third kappa shape index (κ3) is 2.07. The summed E-state index contributed by atoms with van der Waals surface area (Å²) in [7, 11) is 2.85. The van der Waals surface area contributed by atoms with Crippen LogP contribution in [-0.2, 0) is 19.9 Å². The maximum absolute atomic E-state index is 13.7. The number of primary amides is 1. The van der Waals surface area contributed by atoms with Gasteiger partial charge in [0.2, 0.25) is 5.79 Å². The summed E-state index contributed by atoms with van der Waals surface area (Å²) in [5.74, 6) is -11.6. The number of halogens is 1. The van der Waals surface area contributed by atoms with E-state index in [-0.39, 0.29) is 11.1 Å². The summed E-state index contributed by atoms with van der Waals surface area (Å²) in [6.07, 6.45) is -1.82. The molecule has 4 aliphatic rings. The fourth-order valence-corrected chi connectivity index (χ4v) is 7.28. The first kappa shape index (κ1) is 23.2. The number of Topliss-reactive ketones (excluding diaryl/α,β-unsaturated/α-hetero) is 2. The molecule has 5 rings (SSSR count). The zero-order valence-corrected chi connectivity index (χ0v) is 19.1. The van der Waals surface area contributed by atoms with Gasteiger partial charge in [-0.1, -0.05) is 12.1 Å². The molecule has 4 bridgehead atoms. The zero-order valence-electron chi connectivity index (χ0n) is 18.3. The number of phenolic OH excluding ortho intramolecular Hbond substituents is 1. The highest BCUT2D eigenvalue weighted by atomic mass is 35.5. The molecule has 3 aliphatic carbocycles. The van der Waals surface area contributed by atoms with Gasteiger partial charge in [-0.25, -0.2) is 0 Å². The van der Waals surface area contributed by atoms with Gasteiger partial charge in [0.25, 0.3) is 5.91 Å². The molecule has 1 aromatic carbocycles. The lowest BCUT2D eigenvalue weighted by Crippen LogP contribution is -2.81. The van der Waals surface area contributed by atoms with E-state index < -0.39 is 80.4 Å². The molecule has 0 spiro atoms. The fourth-order valence-electron chi connectivity index (χ4n) is 6.67. The molecule has 0 aromatic heterocycles. The van der Waals surface area contributed by atoms with Crippen molar-refractivity contribution in [2.24, 2.45) is 17.6 Å². The SMILES string of the molecule is CN(C)[C@@H]1C(=O)C(C(N)=O)=C(O)[C@]2(O)[C@H]1[C@@H](O)[C@H]1[C@]3(Cl)C(=O)c4c(O)cccc4[C@@]1(C)O[C@@]32O. The molecule has 12 heteroatoms. The predicted molar refractivity (Wildman–Crippen MR) is 114 cm³/mol. The third-order valence-corrected chi connectivity index (χ3v) is 8.64. The van der Waals surface area contributed by atoms with Gasteiger partial charge < -0.3 is 36.0 Å². The second kappa shape index (κ2) is 6.36. The van der Waals surface area contributed by atoms with E-state index in [1.54, 1.807) is 0 Å². The molecule has 34 heavy (non-hydrogen) atoms. The molecule has 7 N–H and O–H groups in total. The standard InChI is InChI=1S/C22H23ClN2O9/c1-19-7-5-4-6-8(26)9(7)16(29)20(23)15(19)14(28)11-12(25(2)3)13(27)10(18(24)31)17(30)21(11,32)22(20,33)34-19/h4-6,11-12,14-15,26,28,30,32-33H,1-3H3,(H2,24,31)/t11-,12+,14-,15-,19-,20+,21-,22+/m1/s1. The fraction of sp³-hybridized carbons (Fsp3) is 0.500. The number of nitrogens with zero attached hydrogens (tertiary/aromatic N) is 1. The summed E-state index contributed by atoms with van der Waals surface area (Å²) in [5, 5.41) is 57.1. The van der Waals surface area contributed by atoms with Gasteiger partial charge in [0, 0.05) is 5.92 Å². The Labute approximate surface area is 198 Å². The number of hydrogen-bond acceptors (Lipinski definition) is 10. The van der Waals surface area contributed by atoms with E-state index in [0.29, 0.717) is 0 Å². The number of aliphatic hydroxyl groups excluding tert-OH is 2. The number of phenols is 1. The van der Waals surface area contributed by atoms with Gasteiger partial charge >= 0.3 is 0 Å². The van der Waals surface area contributed by atoms with Crippen molar-refractivity contribution in [3.8, 4) is 5.75 Å². The summed E-state index contributed by atoms with van der Waals surface area (Å²) in [6, 6.07) is 2.63. The quantitative estimate of drug-likeness (QED) is 0.211. The first-order valence-corrected chi connectivity index (χ1v) is 10.8. The van der Waals surface area contributed by atoms with Crippen LogP contribution >= 0.6 is 11.6 Å². The van der Waals surface area contributed by atoms with Crippen molar-refractivity contribution < 1.29 is 44.7 Å². The van der Waals surface area contributed by atoms with Crippen molar-refractivity contribution in [3.63, 3.8) is 0 Å². The van der Waals surface area contributed by atoms with Gasteiger partial charge in [0.05, 0.1) is 23.6 Å². The Morgan fingerprint density at radius 3 is 2.38 bits per heavy atom. The number of amides is 1. The lowest BCUT2D eigenvalue weighted by atomic mass is 9.50. The largest absolute Gasteiger partial charge is 0.508 e. The molecule has 1 amide bonds. The lowest BCUT2D eigenvalue weighted by Gasteiger charge is -2.59. The van der Waals surface area contributed by atoms with Crippen LogP contribution in [0, 0.1) is 11.8 Å². The number of hydrogen-bond donors (Lipinski definition) is 6. The van der Waals surface area contributed by atoms with E-state index in [4.69, 9.17) is 22.1 Å². The number of ether oxygens (including phenoxy) is 1. The maximum Gasteiger partial charge on any atom is 0.255 e. The number of nitrogens with two attached hydrogens (primary N) is 1. The van der Waals surface area contributed by atoms with Crippen LogP contribution in [0.3, 0.4) is 0 Å². The molecule has 1 heterocycles. The van der Waals surface area contributed by atoms with Gasteiger partial charge in [0.1, 0.15) is 22.7 Å². The number of ketones is 2. The molecule has 1 saturated heterocycles. The molecule has 182 valence electrons. The van der Waals surface area contributed by atoms with Crippen LogP contribution in [0.5, 0.6) is 5.75 Å². The van der Waals surface area contributed by atoms with E-state index >= 15 is 0 Å². The van der Waals surface area contributed by atoms with Gasteiger partial charge in [-0.2, -0.15) is 0 Å². The summed E-state index contributed by atoms with van der Waals surface area (Å²) in [6.45, 7) is 1.41. The molecule has 0 unspecified atom stereocenters. The topological polar surface area (TPSA) is 191 Å². The maximum atomic E-state index is 13.7. The summed E-state index contributed by atoms with van der Waals surface area (Å²) in [5.41, 5.74) is -0.775. The average molecular weight is 495 g/mol. The first-order valence-electron chi connectivity index (χ1n) is 10.5. The zero-order chi connectivity index (χ0) is 25.3. The highest BCUT2D eigenvalue weighted by molar-refractivity contribution is 6.41. The Balaban J connectivity index is 1.91. The number of alkyl halides is 1. The molecule has 1 aromatic rings. The molecule has 1 aliphatic heterocycles. The molecule has 8 atom stereocenters. The van der Waals surface area contributed by atoms with Gasteiger partial charge in [-0.3, -0.25) is 19.3 Å². The Kier molecular flexibility index (Phi) is 4.34. The van der Waals surface area contributed by atoms with Gasteiger partial charge in [0.15, 0.2) is 22.0 Å². The predicted octanol–water partition coefficient (Wildman–Crippen LogP) is -1.35. The van der Waals surface area contributed by atoms with Crippen LogP contribution in [-0.4, -0.2) is 90.4 Å². The monoisotopic (exact) mass is 494 g/mol. The van der Waals surface area contributed by atoms with Crippen molar-refractivity contribution in [3.05, 3.63) is 40.7 Å². The van der Waals surface area contributed by atoms with Crippen molar-refractivity contribution in [1.82, 2.24) is 4.90 Å². The highest BCUT2D eigenvalue weighted by Crippen LogP contribution is 2.72. The average Bonchev–Trinajstić information content (AvgIpc) is 2.85. The minimum atomic E-state index is -3.16. The Morgan fingerprint density at radius 2 is 1.82 bits per heavy atom. The molecule has 11 nitrogen and oxygen atoms in total. The summed E-state index contributed by atoms with van der Waals surface area (Å²) >= 11 is 6.81. The minimum Gasteiger partial charge on any atom is -0.508 e.